The third-order valence-electron chi connectivity index (χ3n) is 4.82. The SMILES string of the molecule is CC(=O)c1cccc(NS(=O)(=O)c2ccc(C(=O)Nc3nc(-c4ccccc4Cl)cs3)cc2)c1. The average Bonchev–Trinajstić information content (AvgIpc) is 3.27. The number of sulfonamides is 1. The first kappa shape index (κ1) is 23.6. The number of benzene rings is 3. The number of halogens is 1. The lowest BCUT2D eigenvalue weighted by molar-refractivity contribution is 0.101. The van der Waals surface area contributed by atoms with E-state index in [-0.39, 0.29) is 21.9 Å². The van der Waals surface area contributed by atoms with E-state index >= 15 is 0 Å². The van der Waals surface area contributed by atoms with Crippen molar-refractivity contribution in [2.24, 2.45) is 0 Å². The van der Waals surface area contributed by atoms with Gasteiger partial charge in [0.25, 0.3) is 15.9 Å². The Bertz CT molecular complexity index is 1480. The number of nitrogens with zero attached hydrogens (tertiary/aromatic N) is 1. The van der Waals surface area contributed by atoms with Gasteiger partial charge < -0.3 is 0 Å². The summed E-state index contributed by atoms with van der Waals surface area (Å²) < 4.78 is 27.8. The lowest BCUT2D eigenvalue weighted by atomic mass is 10.1. The van der Waals surface area contributed by atoms with Crippen molar-refractivity contribution in [3.8, 4) is 11.3 Å². The smallest absolute Gasteiger partial charge is 0.261 e. The quantitative estimate of drug-likeness (QED) is 0.309. The van der Waals surface area contributed by atoms with E-state index in [1.807, 2.05) is 18.2 Å². The topological polar surface area (TPSA) is 105 Å². The highest BCUT2D eigenvalue weighted by atomic mass is 35.5. The second kappa shape index (κ2) is 9.76. The van der Waals surface area contributed by atoms with Crippen LogP contribution in [0.15, 0.2) is 83.1 Å². The van der Waals surface area contributed by atoms with Gasteiger partial charge in [0, 0.05) is 32.8 Å². The second-order valence-corrected chi connectivity index (χ2v) is 10.2. The van der Waals surface area contributed by atoms with Gasteiger partial charge in [0.1, 0.15) is 0 Å². The van der Waals surface area contributed by atoms with Crippen molar-refractivity contribution >= 4 is 55.5 Å². The normalized spacial score (nSPS) is 11.1. The number of ketones is 1. The molecule has 2 N–H and O–H groups in total. The van der Waals surface area contributed by atoms with Crippen LogP contribution in [-0.2, 0) is 10.0 Å². The monoisotopic (exact) mass is 511 g/mol. The molecule has 0 aliphatic carbocycles. The molecule has 0 saturated heterocycles. The van der Waals surface area contributed by atoms with Crippen LogP contribution < -0.4 is 10.0 Å². The van der Waals surface area contributed by atoms with Crippen LogP contribution in [-0.4, -0.2) is 25.1 Å². The minimum absolute atomic E-state index is 0.0208. The summed E-state index contributed by atoms with van der Waals surface area (Å²) in [6.07, 6.45) is 0. The molecule has 0 unspecified atom stereocenters. The van der Waals surface area contributed by atoms with Gasteiger partial charge in [-0.05, 0) is 49.4 Å². The predicted molar refractivity (Wildman–Crippen MR) is 134 cm³/mol. The van der Waals surface area contributed by atoms with Crippen LogP contribution in [0.25, 0.3) is 11.3 Å². The summed E-state index contributed by atoms with van der Waals surface area (Å²) in [6.45, 7) is 1.40. The van der Waals surface area contributed by atoms with Crippen LogP contribution >= 0.6 is 22.9 Å². The molecule has 4 aromatic rings. The molecule has 0 fully saturated rings. The fourth-order valence-electron chi connectivity index (χ4n) is 3.09. The van der Waals surface area contributed by atoms with Gasteiger partial charge in [-0.1, -0.05) is 41.9 Å². The summed E-state index contributed by atoms with van der Waals surface area (Å²) in [5, 5.41) is 5.45. The predicted octanol–water partition coefficient (Wildman–Crippen LogP) is 5.72. The average molecular weight is 512 g/mol. The van der Waals surface area contributed by atoms with Crippen molar-refractivity contribution in [3.05, 3.63) is 94.3 Å². The largest absolute Gasteiger partial charge is 0.298 e. The molecule has 0 spiro atoms. The Balaban J connectivity index is 1.46. The fourth-order valence-corrected chi connectivity index (χ4v) is 5.08. The molecular formula is C24H18ClN3O4S2. The Hall–Kier alpha value is -3.53. The molecule has 0 atom stereocenters. The number of thiazole rings is 1. The van der Waals surface area contributed by atoms with Crippen LogP contribution in [0.3, 0.4) is 0 Å². The first-order valence-corrected chi connectivity index (χ1v) is 12.7. The van der Waals surface area contributed by atoms with E-state index in [0.29, 0.717) is 21.4 Å². The van der Waals surface area contributed by atoms with Crippen LogP contribution in [0.4, 0.5) is 10.8 Å². The summed E-state index contributed by atoms with van der Waals surface area (Å²) in [4.78, 5) is 28.5. The van der Waals surface area contributed by atoms with Gasteiger partial charge in [0.05, 0.1) is 10.6 Å². The Morgan fingerprint density at radius 3 is 2.38 bits per heavy atom. The third-order valence-corrected chi connectivity index (χ3v) is 7.31. The Labute approximate surface area is 205 Å². The van der Waals surface area contributed by atoms with E-state index in [4.69, 9.17) is 11.6 Å². The van der Waals surface area contributed by atoms with Gasteiger partial charge in [-0.25, -0.2) is 13.4 Å². The molecule has 0 aliphatic rings. The molecule has 3 aromatic carbocycles. The van der Waals surface area contributed by atoms with Gasteiger partial charge in [-0.2, -0.15) is 0 Å². The number of Topliss-reactive ketones (excluding diaryl/α,β-unsaturated/α-hetero) is 1. The molecule has 1 heterocycles. The highest BCUT2D eigenvalue weighted by Gasteiger charge is 2.17. The van der Waals surface area contributed by atoms with Crippen LogP contribution in [0.1, 0.15) is 27.6 Å². The molecule has 172 valence electrons. The Kier molecular flexibility index (Phi) is 6.78. The zero-order chi connectivity index (χ0) is 24.3. The highest BCUT2D eigenvalue weighted by Crippen LogP contribution is 2.30. The van der Waals surface area contributed by atoms with Gasteiger partial charge >= 0.3 is 0 Å². The first-order chi connectivity index (χ1) is 16.2. The highest BCUT2D eigenvalue weighted by molar-refractivity contribution is 7.92. The number of aromatic nitrogens is 1. The van der Waals surface area contributed by atoms with Gasteiger partial charge in [0.2, 0.25) is 0 Å². The molecule has 1 amide bonds. The minimum Gasteiger partial charge on any atom is -0.298 e. The Morgan fingerprint density at radius 2 is 1.68 bits per heavy atom. The maximum absolute atomic E-state index is 12.7. The van der Waals surface area contributed by atoms with E-state index in [2.05, 4.69) is 15.0 Å². The molecule has 0 radical (unpaired) electrons. The number of amides is 1. The molecule has 34 heavy (non-hydrogen) atoms. The molecule has 4 rings (SSSR count). The first-order valence-electron chi connectivity index (χ1n) is 9.98. The number of carbonyl (C=O) groups is 2. The van der Waals surface area contributed by atoms with Crippen LogP contribution in [0.2, 0.25) is 5.02 Å². The minimum atomic E-state index is -3.90. The Morgan fingerprint density at radius 1 is 0.941 bits per heavy atom. The molecule has 0 aliphatic heterocycles. The standard InChI is InChI=1S/C24H18ClN3O4S2/c1-15(29)17-5-4-6-18(13-17)28-34(31,32)19-11-9-16(10-12-19)23(30)27-24-26-22(14-33-24)20-7-2-3-8-21(20)25/h2-14,28H,1H3,(H,26,27,30). The molecule has 0 saturated carbocycles. The van der Waals surface area contributed by atoms with Crippen molar-refractivity contribution in [2.45, 2.75) is 11.8 Å². The van der Waals surface area contributed by atoms with Crippen LogP contribution in [0, 0.1) is 0 Å². The summed E-state index contributed by atoms with van der Waals surface area (Å²) >= 11 is 7.46. The number of hydrogen-bond donors (Lipinski definition) is 2. The van der Waals surface area contributed by atoms with Gasteiger partial charge in [-0.15, -0.1) is 11.3 Å². The number of hydrogen-bond acceptors (Lipinski definition) is 6. The number of anilines is 2. The maximum Gasteiger partial charge on any atom is 0.261 e. The number of nitrogens with one attached hydrogen (secondary N) is 2. The van der Waals surface area contributed by atoms with Crippen LogP contribution in [0.5, 0.6) is 0 Å². The van der Waals surface area contributed by atoms with Crippen molar-refractivity contribution in [1.29, 1.82) is 0 Å². The van der Waals surface area contributed by atoms with Crippen molar-refractivity contribution in [1.82, 2.24) is 4.98 Å². The van der Waals surface area contributed by atoms with Crippen molar-refractivity contribution in [3.63, 3.8) is 0 Å². The zero-order valence-corrected chi connectivity index (χ0v) is 20.2. The molecule has 0 bridgehead atoms. The summed E-state index contributed by atoms with van der Waals surface area (Å²) in [6, 6.07) is 19.0. The van der Waals surface area contributed by atoms with Crippen molar-refractivity contribution < 1.29 is 18.0 Å². The van der Waals surface area contributed by atoms with E-state index < -0.39 is 15.9 Å². The van der Waals surface area contributed by atoms with Gasteiger partial charge in [0.15, 0.2) is 10.9 Å². The van der Waals surface area contributed by atoms with Gasteiger partial charge in [-0.3, -0.25) is 19.6 Å². The number of carbonyl (C=O) groups excluding carboxylic acids is 2. The third kappa shape index (κ3) is 5.33. The summed E-state index contributed by atoms with van der Waals surface area (Å²) in [5.74, 6) is -0.596. The van der Waals surface area contributed by atoms with Crippen molar-refractivity contribution in [2.75, 3.05) is 10.0 Å². The maximum atomic E-state index is 12.7. The molecule has 1 aromatic heterocycles. The lowest BCUT2D eigenvalue weighted by Gasteiger charge is -2.09. The van der Waals surface area contributed by atoms with E-state index in [0.717, 1.165) is 5.56 Å². The molecule has 10 heteroatoms. The fraction of sp³-hybridized carbons (Fsp3) is 0.0417. The zero-order valence-electron chi connectivity index (χ0n) is 17.8. The summed E-state index contributed by atoms with van der Waals surface area (Å²) in [7, 11) is -3.90. The van der Waals surface area contributed by atoms with E-state index in [1.54, 1.807) is 29.6 Å². The number of rotatable bonds is 7. The molecular weight excluding hydrogens is 494 g/mol. The van der Waals surface area contributed by atoms with E-state index in [9.17, 15) is 18.0 Å². The van der Waals surface area contributed by atoms with E-state index in [1.165, 1.54) is 48.6 Å². The molecule has 7 nitrogen and oxygen atoms in total. The second-order valence-electron chi connectivity index (χ2n) is 7.24. The summed E-state index contributed by atoms with van der Waals surface area (Å²) in [5.41, 5.74) is 2.34. The lowest BCUT2D eigenvalue weighted by Crippen LogP contribution is -2.15.